The highest BCUT2D eigenvalue weighted by molar-refractivity contribution is 5.91. The van der Waals surface area contributed by atoms with E-state index in [1.165, 1.54) is 12.1 Å². The molecule has 0 atom stereocenters. The summed E-state index contributed by atoms with van der Waals surface area (Å²) >= 11 is 0. The van der Waals surface area contributed by atoms with E-state index in [9.17, 15) is 18.0 Å². The Hall–Kier alpha value is -3.87. The van der Waals surface area contributed by atoms with Crippen molar-refractivity contribution in [1.82, 2.24) is 4.98 Å². The van der Waals surface area contributed by atoms with E-state index >= 15 is 0 Å². The molecule has 4 nitrogen and oxygen atoms in total. The first-order valence-electron chi connectivity index (χ1n) is 11.2. The SMILES string of the molecule is Cc1nc(-c2ccc(C(F)(F)F)cc2)ccc1CCOc1ccc(CCC(=O)O)c2ccccc12. The Balaban J connectivity index is 1.44. The van der Waals surface area contributed by atoms with Gasteiger partial charge < -0.3 is 9.84 Å². The molecule has 0 radical (unpaired) electrons. The maximum atomic E-state index is 12.8. The molecule has 0 aliphatic rings. The average molecular weight is 479 g/mol. The fourth-order valence-corrected chi connectivity index (χ4v) is 4.04. The third-order valence-corrected chi connectivity index (χ3v) is 5.91. The summed E-state index contributed by atoms with van der Waals surface area (Å²) in [5, 5.41) is 10.9. The van der Waals surface area contributed by atoms with Crippen molar-refractivity contribution in [1.29, 1.82) is 0 Å². The highest BCUT2D eigenvalue weighted by atomic mass is 19.4. The standard InChI is InChI=1S/C28H24F3NO3/c1-18-19(8-13-25(32-18)21-6-11-22(12-7-21)28(29,30)31)16-17-35-26-14-9-20(10-15-27(33)34)23-4-2-3-5-24(23)26/h2-9,11-14H,10,15-17H2,1H3,(H,33,34). The molecule has 4 aromatic rings. The third kappa shape index (κ3) is 5.80. The number of ether oxygens (including phenoxy) is 1. The monoisotopic (exact) mass is 479 g/mol. The summed E-state index contributed by atoms with van der Waals surface area (Å²) in [5.74, 6) is -0.102. The first-order valence-corrected chi connectivity index (χ1v) is 11.2. The zero-order chi connectivity index (χ0) is 25.0. The van der Waals surface area contributed by atoms with Gasteiger partial charge in [-0.1, -0.05) is 48.5 Å². The summed E-state index contributed by atoms with van der Waals surface area (Å²) in [6.45, 7) is 2.29. The third-order valence-electron chi connectivity index (χ3n) is 5.91. The predicted molar refractivity (Wildman–Crippen MR) is 129 cm³/mol. The van der Waals surface area contributed by atoms with Crippen LogP contribution in [0.15, 0.2) is 72.8 Å². The van der Waals surface area contributed by atoms with E-state index in [2.05, 4.69) is 4.98 Å². The number of aliphatic carboxylic acids is 1. The van der Waals surface area contributed by atoms with Gasteiger partial charge in [0.15, 0.2) is 0 Å². The number of carbonyl (C=O) groups is 1. The number of fused-ring (bicyclic) bond motifs is 1. The van der Waals surface area contributed by atoms with E-state index in [1.54, 1.807) is 6.07 Å². The van der Waals surface area contributed by atoms with Crippen LogP contribution in [0.4, 0.5) is 13.2 Å². The van der Waals surface area contributed by atoms with Gasteiger partial charge in [-0.05, 0) is 54.1 Å². The molecule has 0 aliphatic heterocycles. The lowest BCUT2D eigenvalue weighted by Gasteiger charge is -2.13. The summed E-state index contributed by atoms with van der Waals surface area (Å²) < 4.78 is 44.5. The van der Waals surface area contributed by atoms with Gasteiger partial charge in [0.1, 0.15) is 5.75 Å². The molecule has 0 bridgehead atoms. The number of carboxylic acid groups (broad SMARTS) is 1. The van der Waals surface area contributed by atoms with Gasteiger partial charge in [0.05, 0.1) is 17.9 Å². The lowest BCUT2D eigenvalue weighted by molar-refractivity contribution is -0.138. The van der Waals surface area contributed by atoms with Crippen molar-refractivity contribution in [2.75, 3.05) is 6.61 Å². The molecule has 3 aromatic carbocycles. The molecule has 7 heteroatoms. The smallest absolute Gasteiger partial charge is 0.416 e. The molecule has 0 spiro atoms. The summed E-state index contributed by atoms with van der Waals surface area (Å²) in [6.07, 6.45) is -3.23. The maximum Gasteiger partial charge on any atom is 0.416 e. The van der Waals surface area contributed by atoms with Crippen molar-refractivity contribution < 1.29 is 27.8 Å². The minimum atomic E-state index is -4.37. The van der Waals surface area contributed by atoms with Crippen molar-refractivity contribution in [3.05, 3.63) is 95.2 Å². The molecular weight excluding hydrogens is 455 g/mol. The van der Waals surface area contributed by atoms with E-state index in [-0.39, 0.29) is 6.42 Å². The lowest BCUT2D eigenvalue weighted by atomic mass is 10.00. The van der Waals surface area contributed by atoms with Crippen LogP contribution in [0.3, 0.4) is 0 Å². The molecule has 0 saturated carbocycles. The highest BCUT2D eigenvalue weighted by Crippen LogP contribution is 2.31. The van der Waals surface area contributed by atoms with Crippen LogP contribution in [0, 0.1) is 6.92 Å². The normalized spacial score (nSPS) is 11.5. The van der Waals surface area contributed by atoms with Crippen molar-refractivity contribution in [2.24, 2.45) is 0 Å². The Morgan fingerprint density at radius 2 is 1.57 bits per heavy atom. The van der Waals surface area contributed by atoms with E-state index in [0.29, 0.717) is 30.7 Å². The Morgan fingerprint density at radius 1 is 0.886 bits per heavy atom. The first-order chi connectivity index (χ1) is 16.7. The molecule has 1 aromatic heterocycles. The van der Waals surface area contributed by atoms with Crippen LogP contribution in [0.1, 0.15) is 28.8 Å². The van der Waals surface area contributed by atoms with Gasteiger partial charge in [0.25, 0.3) is 0 Å². The second kappa shape index (κ2) is 10.2. The number of aromatic nitrogens is 1. The number of aryl methyl sites for hydroxylation is 2. The summed E-state index contributed by atoms with van der Waals surface area (Å²) in [4.78, 5) is 15.5. The number of rotatable bonds is 8. The van der Waals surface area contributed by atoms with E-state index in [0.717, 1.165) is 45.5 Å². The second-order valence-corrected chi connectivity index (χ2v) is 8.28. The topological polar surface area (TPSA) is 59.4 Å². The molecule has 1 N–H and O–H groups in total. The number of nitrogens with zero attached hydrogens (tertiary/aromatic N) is 1. The van der Waals surface area contributed by atoms with Crippen molar-refractivity contribution >= 4 is 16.7 Å². The number of alkyl halides is 3. The number of hydrogen-bond donors (Lipinski definition) is 1. The summed E-state index contributed by atoms with van der Waals surface area (Å²) in [7, 11) is 0. The number of pyridine rings is 1. The van der Waals surface area contributed by atoms with Gasteiger partial charge in [0.2, 0.25) is 0 Å². The fourth-order valence-electron chi connectivity index (χ4n) is 4.04. The minimum Gasteiger partial charge on any atom is -0.493 e. The van der Waals surface area contributed by atoms with E-state index < -0.39 is 17.7 Å². The second-order valence-electron chi connectivity index (χ2n) is 8.28. The summed E-state index contributed by atoms with van der Waals surface area (Å²) in [5.41, 5.74) is 3.30. The molecule has 0 amide bonds. The van der Waals surface area contributed by atoms with Crippen LogP contribution in [0.5, 0.6) is 5.75 Å². The minimum absolute atomic E-state index is 0.0684. The Kier molecular flexibility index (Phi) is 7.05. The number of carboxylic acids is 1. The van der Waals surface area contributed by atoms with E-state index in [4.69, 9.17) is 9.84 Å². The van der Waals surface area contributed by atoms with Crippen LogP contribution in [0.25, 0.3) is 22.0 Å². The van der Waals surface area contributed by atoms with Gasteiger partial charge in [-0.2, -0.15) is 13.2 Å². The van der Waals surface area contributed by atoms with Crippen LogP contribution in [-0.4, -0.2) is 22.7 Å². The quantitative estimate of drug-likeness (QED) is 0.300. The highest BCUT2D eigenvalue weighted by Gasteiger charge is 2.30. The molecular formula is C28H24F3NO3. The van der Waals surface area contributed by atoms with Gasteiger partial charge in [0, 0.05) is 29.5 Å². The molecule has 0 saturated heterocycles. The summed E-state index contributed by atoms with van der Waals surface area (Å²) in [6, 6.07) is 20.3. The van der Waals surface area contributed by atoms with Gasteiger partial charge in [-0.15, -0.1) is 0 Å². The molecule has 35 heavy (non-hydrogen) atoms. The number of hydrogen-bond acceptors (Lipinski definition) is 3. The van der Waals surface area contributed by atoms with Crippen molar-refractivity contribution in [3.63, 3.8) is 0 Å². The van der Waals surface area contributed by atoms with Gasteiger partial charge >= 0.3 is 12.1 Å². The largest absolute Gasteiger partial charge is 0.493 e. The Morgan fingerprint density at radius 3 is 2.23 bits per heavy atom. The van der Waals surface area contributed by atoms with Crippen LogP contribution >= 0.6 is 0 Å². The number of halogens is 3. The Labute approximate surface area is 201 Å². The zero-order valence-corrected chi connectivity index (χ0v) is 19.1. The predicted octanol–water partition coefficient (Wildman–Crippen LogP) is 6.87. The molecule has 4 rings (SSSR count). The number of benzene rings is 3. The lowest BCUT2D eigenvalue weighted by Crippen LogP contribution is -2.05. The average Bonchev–Trinajstić information content (AvgIpc) is 2.83. The zero-order valence-electron chi connectivity index (χ0n) is 19.1. The van der Waals surface area contributed by atoms with E-state index in [1.807, 2.05) is 49.4 Å². The van der Waals surface area contributed by atoms with Gasteiger partial charge in [-0.3, -0.25) is 9.78 Å². The molecule has 0 aliphatic carbocycles. The van der Waals surface area contributed by atoms with Crippen LogP contribution < -0.4 is 4.74 Å². The molecule has 180 valence electrons. The fraction of sp³-hybridized carbons (Fsp3) is 0.214. The van der Waals surface area contributed by atoms with Gasteiger partial charge in [-0.25, -0.2) is 0 Å². The van der Waals surface area contributed by atoms with Crippen LogP contribution in [-0.2, 0) is 23.8 Å². The van der Waals surface area contributed by atoms with Crippen LogP contribution in [0.2, 0.25) is 0 Å². The first kappa shape index (κ1) is 24.3. The Bertz CT molecular complexity index is 1350. The molecule has 1 heterocycles. The van der Waals surface area contributed by atoms with Crippen molar-refractivity contribution in [2.45, 2.75) is 32.4 Å². The van der Waals surface area contributed by atoms with Crippen molar-refractivity contribution in [3.8, 4) is 17.0 Å². The molecule has 0 fully saturated rings. The maximum absolute atomic E-state index is 12.8. The molecule has 0 unspecified atom stereocenters.